The number of halogens is 2. The number of rotatable bonds is 1. The summed E-state index contributed by atoms with van der Waals surface area (Å²) in [4.78, 5) is 0. The van der Waals surface area contributed by atoms with Crippen LogP contribution in [0.4, 0.5) is 0 Å². The number of hydrogen-bond donors (Lipinski definition) is 0. The summed E-state index contributed by atoms with van der Waals surface area (Å²) in [6.45, 7) is 1.90. The SMILES string of the molecule is Cc1[c]cnn1-c1c(Cl)cccc1Cl. The molecule has 4 heteroatoms. The molecule has 1 radical (unpaired) electrons. The Morgan fingerprint density at radius 1 is 1.29 bits per heavy atom. The average molecular weight is 226 g/mol. The van der Waals surface area contributed by atoms with Crippen LogP contribution in [0.25, 0.3) is 5.69 Å². The number of aryl methyl sites for hydroxylation is 1. The molecule has 0 saturated carbocycles. The molecule has 2 aromatic rings. The molecule has 0 N–H and O–H groups in total. The molecule has 1 aromatic carbocycles. The van der Waals surface area contributed by atoms with Crippen LogP contribution in [-0.4, -0.2) is 9.78 Å². The molecule has 0 saturated heterocycles. The normalized spacial score (nSPS) is 10.5. The quantitative estimate of drug-likeness (QED) is 0.729. The van der Waals surface area contributed by atoms with Crippen molar-refractivity contribution < 1.29 is 0 Å². The third kappa shape index (κ3) is 1.51. The van der Waals surface area contributed by atoms with Gasteiger partial charge in [-0.1, -0.05) is 29.3 Å². The zero-order chi connectivity index (χ0) is 10.1. The van der Waals surface area contributed by atoms with E-state index in [1.807, 2.05) is 6.92 Å². The van der Waals surface area contributed by atoms with E-state index in [1.165, 1.54) is 0 Å². The van der Waals surface area contributed by atoms with Gasteiger partial charge in [0.05, 0.1) is 16.2 Å². The van der Waals surface area contributed by atoms with Gasteiger partial charge in [-0.15, -0.1) is 0 Å². The van der Waals surface area contributed by atoms with E-state index in [1.54, 1.807) is 29.1 Å². The summed E-state index contributed by atoms with van der Waals surface area (Å²) in [5.74, 6) is 0. The van der Waals surface area contributed by atoms with Crippen molar-refractivity contribution in [1.82, 2.24) is 9.78 Å². The van der Waals surface area contributed by atoms with Gasteiger partial charge < -0.3 is 0 Å². The lowest BCUT2D eigenvalue weighted by atomic mass is 10.3. The summed E-state index contributed by atoms with van der Waals surface area (Å²) in [6.07, 6.45) is 1.59. The van der Waals surface area contributed by atoms with E-state index in [0.29, 0.717) is 15.7 Å². The van der Waals surface area contributed by atoms with Crippen molar-refractivity contribution in [3.63, 3.8) is 0 Å². The van der Waals surface area contributed by atoms with E-state index < -0.39 is 0 Å². The van der Waals surface area contributed by atoms with Crippen LogP contribution in [0.2, 0.25) is 10.0 Å². The zero-order valence-electron chi connectivity index (χ0n) is 7.46. The van der Waals surface area contributed by atoms with Gasteiger partial charge in [0.1, 0.15) is 5.69 Å². The Hall–Kier alpha value is -0.990. The summed E-state index contributed by atoms with van der Waals surface area (Å²) in [5.41, 5.74) is 1.58. The van der Waals surface area contributed by atoms with Gasteiger partial charge in [0, 0.05) is 11.8 Å². The fourth-order valence-corrected chi connectivity index (χ4v) is 1.80. The largest absolute Gasteiger partial charge is 0.234 e. The van der Waals surface area contributed by atoms with E-state index in [9.17, 15) is 0 Å². The van der Waals surface area contributed by atoms with Crippen molar-refractivity contribution in [2.45, 2.75) is 6.92 Å². The number of nitrogens with zero attached hydrogens (tertiary/aromatic N) is 2. The van der Waals surface area contributed by atoms with E-state index in [0.717, 1.165) is 5.69 Å². The number of para-hydroxylation sites is 1. The minimum Gasteiger partial charge on any atom is -0.234 e. The monoisotopic (exact) mass is 225 g/mol. The molecule has 2 rings (SSSR count). The van der Waals surface area contributed by atoms with Crippen molar-refractivity contribution >= 4 is 23.2 Å². The van der Waals surface area contributed by atoms with E-state index >= 15 is 0 Å². The smallest absolute Gasteiger partial charge is 0.102 e. The van der Waals surface area contributed by atoms with Crippen molar-refractivity contribution in [3.8, 4) is 5.69 Å². The highest BCUT2D eigenvalue weighted by Gasteiger charge is 2.09. The maximum absolute atomic E-state index is 6.03. The Morgan fingerprint density at radius 3 is 2.43 bits per heavy atom. The molecule has 0 aliphatic heterocycles. The maximum Gasteiger partial charge on any atom is 0.102 e. The zero-order valence-corrected chi connectivity index (χ0v) is 8.97. The van der Waals surface area contributed by atoms with Crippen molar-refractivity contribution in [2.24, 2.45) is 0 Å². The van der Waals surface area contributed by atoms with Crippen LogP contribution < -0.4 is 0 Å². The maximum atomic E-state index is 6.03. The first-order valence-electron chi connectivity index (χ1n) is 4.07. The van der Waals surface area contributed by atoms with E-state index in [2.05, 4.69) is 11.2 Å². The molecule has 0 unspecified atom stereocenters. The summed E-state index contributed by atoms with van der Waals surface area (Å²) in [6, 6.07) is 8.32. The second kappa shape index (κ2) is 3.64. The summed E-state index contributed by atoms with van der Waals surface area (Å²) < 4.78 is 1.67. The molecule has 0 fully saturated rings. The van der Waals surface area contributed by atoms with Crippen LogP contribution in [0.15, 0.2) is 24.4 Å². The fourth-order valence-electron chi connectivity index (χ4n) is 1.24. The lowest BCUT2D eigenvalue weighted by Crippen LogP contribution is -2.00. The molecule has 0 atom stereocenters. The molecule has 0 spiro atoms. The van der Waals surface area contributed by atoms with Gasteiger partial charge in [0.2, 0.25) is 0 Å². The molecule has 1 heterocycles. The molecule has 1 aromatic heterocycles. The Balaban J connectivity index is 2.68. The second-order valence-corrected chi connectivity index (χ2v) is 3.67. The molecular weight excluding hydrogens is 219 g/mol. The van der Waals surface area contributed by atoms with Crippen molar-refractivity contribution in [1.29, 1.82) is 0 Å². The van der Waals surface area contributed by atoms with Gasteiger partial charge >= 0.3 is 0 Å². The van der Waals surface area contributed by atoms with Crippen molar-refractivity contribution in [2.75, 3.05) is 0 Å². The lowest BCUT2D eigenvalue weighted by molar-refractivity contribution is 0.847. The molecule has 0 aliphatic carbocycles. The van der Waals surface area contributed by atoms with Gasteiger partial charge in [0.15, 0.2) is 0 Å². The Kier molecular flexibility index (Phi) is 2.48. The van der Waals surface area contributed by atoms with Gasteiger partial charge in [-0.25, -0.2) is 4.68 Å². The molecular formula is C10H7Cl2N2. The number of benzene rings is 1. The van der Waals surface area contributed by atoms with Gasteiger partial charge in [0.25, 0.3) is 0 Å². The Bertz CT molecular complexity index is 443. The molecule has 14 heavy (non-hydrogen) atoms. The van der Waals surface area contributed by atoms with E-state index in [4.69, 9.17) is 23.2 Å². The summed E-state index contributed by atoms with van der Waals surface area (Å²) in [7, 11) is 0. The number of aromatic nitrogens is 2. The molecule has 0 amide bonds. The molecule has 0 aliphatic rings. The predicted molar refractivity (Wildman–Crippen MR) is 57.2 cm³/mol. The standard InChI is InChI=1S/C10H7Cl2N2/c1-7-5-6-13-14(7)10-8(11)3-2-4-9(10)12/h2-4,6H,1H3. The van der Waals surface area contributed by atoms with Gasteiger partial charge in [-0.05, 0) is 19.1 Å². The van der Waals surface area contributed by atoms with Crippen LogP contribution in [-0.2, 0) is 0 Å². The minimum absolute atomic E-state index is 0.581. The van der Waals surface area contributed by atoms with Crippen LogP contribution in [0.1, 0.15) is 5.69 Å². The first-order chi connectivity index (χ1) is 6.70. The highest BCUT2D eigenvalue weighted by Crippen LogP contribution is 2.28. The first-order valence-corrected chi connectivity index (χ1v) is 4.82. The second-order valence-electron chi connectivity index (χ2n) is 2.86. The first kappa shape index (κ1) is 9.56. The highest BCUT2D eigenvalue weighted by atomic mass is 35.5. The minimum atomic E-state index is 0.581. The third-order valence-corrected chi connectivity index (χ3v) is 2.52. The van der Waals surface area contributed by atoms with Crippen molar-refractivity contribution in [3.05, 3.63) is 46.2 Å². The summed E-state index contributed by atoms with van der Waals surface area (Å²) >= 11 is 12.1. The molecule has 2 nitrogen and oxygen atoms in total. The van der Waals surface area contributed by atoms with Crippen LogP contribution in [0, 0.1) is 13.0 Å². The molecule has 71 valence electrons. The van der Waals surface area contributed by atoms with Gasteiger partial charge in [-0.2, -0.15) is 5.10 Å². The average Bonchev–Trinajstić information content (AvgIpc) is 2.52. The molecule has 0 bridgehead atoms. The van der Waals surface area contributed by atoms with Crippen LogP contribution in [0.5, 0.6) is 0 Å². The van der Waals surface area contributed by atoms with Crippen LogP contribution in [0.3, 0.4) is 0 Å². The number of hydrogen-bond acceptors (Lipinski definition) is 1. The summed E-state index contributed by atoms with van der Waals surface area (Å²) in [5, 5.41) is 5.26. The Labute approximate surface area is 92.1 Å². The van der Waals surface area contributed by atoms with E-state index in [-0.39, 0.29) is 0 Å². The highest BCUT2D eigenvalue weighted by molar-refractivity contribution is 6.37. The lowest BCUT2D eigenvalue weighted by Gasteiger charge is -2.08. The Morgan fingerprint density at radius 2 is 1.93 bits per heavy atom. The predicted octanol–water partition coefficient (Wildman–Crippen LogP) is 3.29. The topological polar surface area (TPSA) is 17.8 Å². The fraction of sp³-hybridized carbons (Fsp3) is 0.100. The third-order valence-electron chi connectivity index (χ3n) is 1.91. The van der Waals surface area contributed by atoms with Crippen LogP contribution >= 0.6 is 23.2 Å². The van der Waals surface area contributed by atoms with Gasteiger partial charge in [-0.3, -0.25) is 0 Å².